The fourth-order valence-electron chi connectivity index (χ4n) is 0.618. The van der Waals surface area contributed by atoms with Crippen LogP contribution in [0.25, 0.3) is 0 Å². The van der Waals surface area contributed by atoms with Gasteiger partial charge in [0.1, 0.15) is 0 Å². The smallest absolute Gasteiger partial charge is 0.0539 e. The number of aromatic nitrogens is 2. The highest BCUT2D eigenvalue weighted by Gasteiger charge is 1.91. The van der Waals surface area contributed by atoms with Crippen molar-refractivity contribution in [3.8, 4) is 0 Å². The summed E-state index contributed by atoms with van der Waals surface area (Å²) in [5.74, 6) is 0. The molecule has 1 aromatic rings. The van der Waals surface area contributed by atoms with Crippen LogP contribution in [0, 0.1) is 6.92 Å². The molecule has 0 atom stereocenters. The predicted octanol–water partition coefficient (Wildman–Crippen LogP) is 0.389. The third-order valence-electron chi connectivity index (χ3n) is 1.11. The third kappa shape index (κ3) is 1.22. The quantitative estimate of drug-likeness (QED) is 0.541. The maximum Gasteiger partial charge on any atom is 0.0539 e. The molecule has 0 radical (unpaired) electrons. The molecule has 1 aromatic heterocycles. The van der Waals surface area contributed by atoms with Gasteiger partial charge in [-0.05, 0) is 12.5 Å². The molecule has 0 fully saturated rings. The van der Waals surface area contributed by atoms with Crippen molar-refractivity contribution in [2.75, 3.05) is 19.1 Å². The van der Waals surface area contributed by atoms with Crippen LogP contribution >= 0.6 is 0 Å². The van der Waals surface area contributed by atoms with Crippen LogP contribution in [-0.4, -0.2) is 24.0 Å². The fourth-order valence-corrected chi connectivity index (χ4v) is 0.618. The summed E-state index contributed by atoms with van der Waals surface area (Å²) in [7, 11) is 3.90. The minimum atomic E-state index is 1.18. The van der Waals surface area contributed by atoms with Crippen LogP contribution in [0.5, 0.6) is 0 Å². The molecule has 0 aliphatic heterocycles. The molecule has 0 N–H and O–H groups in total. The van der Waals surface area contributed by atoms with Gasteiger partial charge in [0.05, 0.1) is 12.4 Å². The van der Waals surface area contributed by atoms with E-state index in [0.29, 0.717) is 0 Å². The summed E-state index contributed by atoms with van der Waals surface area (Å²) in [6, 6.07) is 0. The topological polar surface area (TPSA) is 21.1 Å². The summed E-state index contributed by atoms with van der Waals surface area (Å²) in [6.45, 7) is 2.02. The van der Waals surface area contributed by atoms with Crippen molar-refractivity contribution in [1.82, 2.24) is 9.89 Å². The van der Waals surface area contributed by atoms with E-state index >= 15 is 0 Å². The number of hydrogen-bond acceptors (Lipinski definition) is 2. The highest BCUT2D eigenvalue weighted by Crippen LogP contribution is 1.91. The Morgan fingerprint density at radius 2 is 2.22 bits per heavy atom. The highest BCUT2D eigenvalue weighted by molar-refractivity contribution is 5.00. The first-order chi connectivity index (χ1) is 4.20. The van der Waals surface area contributed by atoms with E-state index in [1.165, 1.54) is 5.56 Å². The lowest BCUT2D eigenvalue weighted by atomic mass is 10.4. The van der Waals surface area contributed by atoms with E-state index in [4.69, 9.17) is 0 Å². The molecule has 0 aliphatic rings. The maximum absolute atomic E-state index is 4.06. The standard InChI is InChI=1S/C6H11N3/c1-6-4-7-9(5-6)8(2)3/h4-5H,1-3H3. The first-order valence-corrected chi connectivity index (χ1v) is 2.89. The molecular formula is C6H11N3. The summed E-state index contributed by atoms with van der Waals surface area (Å²) >= 11 is 0. The van der Waals surface area contributed by atoms with Gasteiger partial charge in [0.15, 0.2) is 0 Å². The average Bonchev–Trinajstić information content (AvgIpc) is 2.14. The van der Waals surface area contributed by atoms with Crippen molar-refractivity contribution in [3.05, 3.63) is 18.0 Å². The molecule has 3 heteroatoms. The van der Waals surface area contributed by atoms with E-state index in [1.807, 2.05) is 38.4 Å². The van der Waals surface area contributed by atoms with Crippen molar-refractivity contribution in [1.29, 1.82) is 0 Å². The molecule has 0 bridgehead atoms. The number of aryl methyl sites for hydroxylation is 1. The van der Waals surface area contributed by atoms with Gasteiger partial charge < -0.3 is 5.01 Å². The first-order valence-electron chi connectivity index (χ1n) is 2.89. The Morgan fingerprint density at radius 1 is 1.56 bits per heavy atom. The van der Waals surface area contributed by atoms with Gasteiger partial charge in [-0.2, -0.15) is 9.89 Å². The number of nitrogens with zero attached hydrogens (tertiary/aromatic N) is 3. The second kappa shape index (κ2) is 2.09. The Bertz CT molecular complexity index is 190. The lowest BCUT2D eigenvalue weighted by molar-refractivity contribution is 0.638. The van der Waals surface area contributed by atoms with E-state index in [2.05, 4.69) is 5.10 Å². The molecule has 0 saturated heterocycles. The molecule has 1 heterocycles. The van der Waals surface area contributed by atoms with Crippen LogP contribution in [0.3, 0.4) is 0 Å². The van der Waals surface area contributed by atoms with Crippen molar-refractivity contribution < 1.29 is 0 Å². The van der Waals surface area contributed by atoms with E-state index in [1.54, 1.807) is 4.79 Å². The summed E-state index contributed by atoms with van der Waals surface area (Å²) in [4.78, 5) is 1.79. The number of hydrogen-bond donors (Lipinski definition) is 0. The zero-order valence-corrected chi connectivity index (χ0v) is 6.00. The third-order valence-corrected chi connectivity index (χ3v) is 1.11. The summed E-state index contributed by atoms with van der Waals surface area (Å²) in [6.07, 6.45) is 3.81. The Kier molecular flexibility index (Phi) is 1.42. The molecule has 0 unspecified atom stereocenters. The van der Waals surface area contributed by atoms with Gasteiger partial charge in [-0.1, -0.05) is 0 Å². The Hall–Kier alpha value is -0.990. The Labute approximate surface area is 54.9 Å². The van der Waals surface area contributed by atoms with E-state index < -0.39 is 0 Å². The summed E-state index contributed by atoms with van der Waals surface area (Å²) in [5.41, 5.74) is 1.18. The molecule has 0 saturated carbocycles. The predicted molar refractivity (Wildman–Crippen MR) is 37.0 cm³/mol. The second-order valence-electron chi connectivity index (χ2n) is 2.29. The van der Waals surface area contributed by atoms with E-state index in [-0.39, 0.29) is 0 Å². The van der Waals surface area contributed by atoms with Crippen molar-refractivity contribution in [2.24, 2.45) is 0 Å². The van der Waals surface area contributed by atoms with Gasteiger partial charge >= 0.3 is 0 Å². The van der Waals surface area contributed by atoms with Crippen molar-refractivity contribution >= 4 is 0 Å². The second-order valence-corrected chi connectivity index (χ2v) is 2.29. The van der Waals surface area contributed by atoms with Gasteiger partial charge in [-0.3, -0.25) is 0 Å². The molecular weight excluding hydrogens is 114 g/mol. The van der Waals surface area contributed by atoms with E-state index in [9.17, 15) is 0 Å². The maximum atomic E-state index is 4.06. The van der Waals surface area contributed by atoms with Gasteiger partial charge in [0.25, 0.3) is 0 Å². The van der Waals surface area contributed by atoms with E-state index in [0.717, 1.165) is 0 Å². The van der Waals surface area contributed by atoms with Crippen LogP contribution in [0.4, 0.5) is 0 Å². The minimum absolute atomic E-state index is 1.18. The Morgan fingerprint density at radius 3 is 2.44 bits per heavy atom. The SMILES string of the molecule is Cc1cnn(N(C)C)c1. The zero-order valence-electron chi connectivity index (χ0n) is 6.00. The highest BCUT2D eigenvalue weighted by atomic mass is 15.6. The van der Waals surface area contributed by atoms with Gasteiger partial charge in [0.2, 0.25) is 0 Å². The van der Waals surface area contributed by atoms with Crippen LogP contribution in [0.1, 0.15) is 5.56 Å². The first kappa shape index (κ1) is 6.13. The summed E-state index contributed by atoms with van der Waals surface area (Å²) < 4.78 is 0. The molecule has 0 amide bonds. The molecule has 3 nitrogen and oxygen atoms in total. The van der Waals surface area contributed by atoms with Crippen LogP contribution in [-0.2, 0) is 0 Å². The largest absolute Gasteiger partial charge is 0.303 e. The molecule has 50 valence electrons. The molecule has 0 aromatic carbocycles. The van der Waals surface area contributed by atoms with Gasteiger partial charge in [-0.15, -0.1) is 0 Å². The zero-order chi connectivity index (χ0) is 6.85. The van der Waals surface area contributed by atoms with Gasteiger partial charge in [-0.25, -0.2) is 0 Å². The van der Waals surface area contributed by atoms with Crippen molar-refractivity contribution in [2.45, 2.75) is 6.92 Å². The van der Waals surface area contributed by atoms with Crippen LogP contribution < -0.4 is 5.01 Å². The molecule has 0 aliphatic carbocycles. The van der Waals surface area contributed by atoms with Crippen LogP contribution in [0.2, 0.25) is 0 Å². The van der Waals surface area contributed by atoms with Gasteiger partial charge in [0, 0.05) is 14.1 Å². The average molecular weight is 125 g/mol. The lowest BCUT2D eigenvalue weighted by Gasteiger charge is -2.10. The monoisotopic (exact) mass is 125 g/mol. The Balaban J connectivity index is 2.85. The van der Waals surface area contributed by atoms with Crippen LogP contribution in [0.15, 0.2) is 12.4 Å². The molecule has 1 rings (SSSR count). The molecule has 0 spiro atoms. The normalized spacial score (nSPS) is 9.67. The molecule has 9 heavy (non-hydrogen) atoms. The minimum Gasteiger partial charge on any atom is -0.303 e. The fraction of sp³-hybridized carbons (Fsp3) is 0.500. The summed E-state index contributed by atoms with van der Waals surface area (Å²) in [5, 5.41) is 5.97. The number of rotatable bonds is 1. The van der Waals surface area contributed by atoms with Crippen molar-refractivity contribution in [3.63, 3.8) is 0 Å². The lowest BCUT2D eigenvalue weighted by Crippen LogP contribution is -2.24.